The van der Waals surface area contributed by atoms with Crippen LogP contribution < -0.4 is 9.44 Å². The number of rotatable bonds is 8. The standard InChI is InChI=1S/C22H23ClN2O4S2/c1-16-3-11-20(12-4-16)30(26,27)24-15-22(18-7-9-19(23)10-8-18)25-31(28,29)21-13-5-17(2)6-14-21/h3-14,22,24-25H,15H2,1-2H3/t22-/m0/s1. The molecule has 3 aromatic carbocycles. The summed E-state index contributed by atoms with van der Waals surface area (Å²) in [7, 11) is -7.72. The topological polar surface area (TPSA) is 92.3 Å². The van der Waals surface area contributed by atoms with Gasteiger partial charge in [0, 0.05) is 11.6 Å². The lowest BCUT2D eigenvalue weighted by atomic mass is 10.1. The quantitative estimate of drug-likeness (QED) is 0.512. The van der Waals surface area contributed by atoms with Crippen LogP contribution in [-0.2, 0) is 20.0 Å². The molecule has 6 nitrogen and oxygen atoms in total. The Labute approximate surface area is 188 Å². The predicted molar refractivity (Wildman–Crippen MR) is 122 cm³/mol. The molecule has 0 aliphatic carbocycles. The number of aryl methyl sites for hydroxylation is 2. The van der Waals surface area contributed by atoms with Crippen LogP contribution in [0.1, 0.15) is 22.7 Å². The highest BCUT2D eigenvalue weighted by Crippen LogP contribution is 2.20. The molecule has 0 fully saturated rings. The van der Waals surface area contributed by atoms with Gasteiger partial charge in [-0.2, -0.15) is 0 Å². The van der Waals surface area contributed by atoms with Crippen molar-refractivity contribution >= 4 is 31.6 Å². The van der Waals surface area contributed by atoms with Crippen LogP contribution in [0, 0.1) is 13.8 Å². The molecule has 9 heteroatoms. The molecule has 0 unspecified atom stereocenters. The summed E-state index contributed by atoms with van der Waals surface area (Å²) in [6.07, 6.45) is 0. The van der Waals surface area contributed by atoms with Crippen LogP contribution >= 0.6 is 11.6 Å². The van der Waals surface area contributed by atoms with Crippen molar-refractivity contribution in [3.8, 4) is 0 Å². The molecule has 0 spiro atoms. The molecule has 3 rings (SSSR count). The van der Waals surface area contributed by atoms with Crippen molar-refractivity contribution in [3.05, 3.63) is 94.5 Å². The lowest BCUT2D eigenvalue weighted by molar-refractivity contribution is 0.540. The van der Waals surface area contributed by atoms with E-state index in [1.54, 1.807) is 48.5 Å². The Hall–Kier alpha value is -2.23. The smallest absolute Gasteiger partial charge is 0.209 e. The van der Waals surface area contributed by atoms with E-state index in [2.05, 4.69) is 9.44 Å². The Morgan fingerprint density at radius 3 is 1.65 bits per heavy atom. The summed E-state index contributed by atoms with van der Waals surface area (Å²) in [4.78, 5) is 0.202. The van der Waals surface area contributed by atoms with Crippen LogP contribution in [0.5, 0.6) is 0 Å². The highest BCUT2D eigenvalue weighted by molar-refractivity contribution is 7.90. The van der Waals surface area contributed by atoms with Crippen LogP contribution in [0.3, 0.4) is 0 Å². The van der Waals surface area contributed by atoms with Crippen molar-refractivity contribution in [2.75, 3.05) is 6.54 Å². The maximum Gasteiger partial charge on any atom is 0.241 e. The summed E-state index contributed by atoms with van der Waals surface area (Å²) in [6, 6.07) is 18.5. The lowest BCUT2D eigenvalue weighted by Crippen LogP contribution is -2.37. The third kappa shape index (κ3) is 6.15. The first-order valence-electron chi connectivity index (χ1n) is 9.48. The molecule has 3 aromatic rings. The summed E-state index contributed by atoms with van der Waals surface area (Å²) >= 11 is 5.95. The molecule has 2 N–H and O–H groups in total. The first kappa shape index (κ1) is 23.4. The van der Waals surface area contributed by atoms with Gasteiger partial charge in [-0.3, -0.25) is 0 Å². The highest BCUT2D eigenvalue weighted by atomic mass is 35.5. The van der Waals surface area contributed by atoms with Gasteiger partial charge in [-0.1, -0.05) is 59.1 Å². The Morgan fingerprint density at radius 1 is 0.710 bits per heavy atom. The lowest BCUT2D eigenvalue weighted by Gasteiger charge is -2.20. The Bertz CT molecular complexity index is 1240. The van der Waals surface area contributed by atoms with Gasteiger partial charge in [-0.25, -0.2) is 26.3 Å². The van der Waals surface area contributed by atoms with E-state index in [0.717, 1.165) is 11.1 Å². The largest absolute Gasteiger partial charge is 0.241 e. The number of halogens is 1. The van der Waals surface area contributed by atoms with Gasteiger partial charge in [0.25, 0.3) is 0 Å². The van der Waals surface area contributed by atoms with Crippen molar-refractivity contribution in [1.82, 2.24) is 9.44 Å². The maximum absolute atomic E-state index is 12.9. The van der Waals surface area contributed by atoms with Crippen LogP contribution in [0.15, 0.2) is 82.6 Å². The van der Waals surface area contributed by atoms with Gasteiger partial charge < -0.3 is 0 Å². The zero-order chi connectivity index (χ0) is 22.6. The Kier molecular flexibility index (Phi) is 7.18. The molecule has 0 aromatic heterocycles. The average Bonchev–Trinajstić information content (AvgIpc) is 2.72. The number of nitrogens with one attached hydrogen (secondary N) is 2. The van der Waals surface area contributed by atoms with E-state index >= 15 is 0 Å². The molecule has 0 amide bonds. The van der Waals surface area contributed by atoms with Crippen molar-refractivity contribution in [2.45, 2.75) is 29.7 Å². The van der Waals surface area contributed by atoms with Crippen molar-refractivity contribution in [1.29, 1.82) is 0 Å². The van der Waals surface area contributed by atoms with Gasteiger partial charge in [-0.05, 0) is 55.8 Å². The first-order chi connectivity index (χ1) is 14.6. The van der Waals surface area contributed by atoms with E-state index in [9.17, 15) is 16.8 Å². The Morgan fingerprint density at radius 2 is 1.16 bits per heavy atom. The van der Waals surface area contributed by atoms with E-state index in [0.29, 0.717) is 10.6 Å². The van der Waals surface area contributed by atoms with E-state index in [1.807, 2.05) is 13.8 Å². The fraction of sp³-hybridized carbons (Fsp3) is 0.182. The predicted octanol–water partition coefficient (Wildman–Crippen LogP) is 3.95. The van der Waals surface area contributed by atoms with Crippen molar-refractivity contribution in [3.63, 3.8) is 0 Å². The second-order valence-corrected chi connectivity index (χ2v) is 11.1. The van der Waals surface area contributed by atoms with Crippen LogP contribution in [0.25, 0.3) is 0 Å². The molecular weight excluding hydrogens is 456 g/mol. The van der Waals surface area contributed by atoms with Gasteiger partial charge in [-0.15, -0.1) is 0 Å². The van der Waals surface area contributed by atoms with Crippen molar-refractivity contribution in [2.24, 2.45) is 0 Å². The molecule has 0 saturated carbocycles. The average molecular weight is 479 g/mol. The van der Waals surface area contributed by atoms with E-state index in [1.165, 1.54) is 24.3 Å². The van der Waals surface area contributed by atoms with Crippen LogP contribution in [0.2, 0.25) is 5.02 Å². The second kappa shape index (κ2) is 9.50. The van der Waals surface area contributed by atoms with E-state index in [4.69, 9.17) is 11.6 Å². The monoisotopic (exact) mass is 478 g/mol. The minimum Gasteiger partial charge on any atom is -0.209 e. The minimum atomic E-state index is -3.89. The van der Waals surface area contributed by atoms with E-state index in [-0.39, 0.29) is 16.3 Å². The SMILES string of the molecule is Cc1ccc(S(=O)(=O)NC[C@H](NS(=O)(=O)c2ccc(C)cc2)c2ccc(Cl)cc2)cc1. The highest BCUT2D eigenvalue weighted by Gasteiger charge is 2.24. The third-order valence-corrected chi connectivity index (χ3v) is 7.89. The molecule has 0 aliphatic rings. The van der Waals surface area contributed by atoms with Gasteiger partial charge in [0.2, 0.25) is 20.0 Å². The number of benzene rings is 3. The zero-order valence-electron chi connectivity index (χ0n) is 17.0. The number of hydrogen-bond acceptors (Lipinski definition) is 4. The first-order valence-corrected chi connectivity index (χ1v) is 12.8. The van der Waals surface area contributed by atoms with Gasteiger partial charge in [0.15, 0.2) is 0 Å². The van der Waals surface area contributed by atoms with Gasteiger partial charge in [0.1, 0.15) is 0 Å². The third-order valence-electron chi connectivity index (χ3n) is 4.71. The molecule has 0 heterocycles. The Balaban J connectivity index is 1.87. The maximum atomic E-state index is 12.9. The molecule has 1 atom stereocenters. The molecule has 0 radical (unpaired) electrons. The number of hydrogen-bond donors (Lipinski definition) is 2. The summed E-state index contributed by atoms with van der Waals surface area (Å²) in [5, 5.41) is 0.490. The molecule has 164 valence electrons. The zero-order valence-corrected chi connectivity index (χ0v) is 19.4. The fourth-order valence-corrected chi connectivity index (χ4v) is 5.29. The van der Waals surface area contributed by atoms with Crippen LogP contribution in [-0.4, -0.2) is 23.4 Å². The van der Waals surface area contributed by atoms with E-state index < -0.39 is 26.1 Å². The molecular formula is C22H23ClN2O4S2. The summed E-state index contributed by atoms with van der Waals surface area (Å²) in [5.74, 6) is 0. The van der Waals surface area contributed by atoms with Gasteiger partial charge >= 0.3 is 0 Å². The normalized spacial score (nSPS) is 13.1. The summed E-state index contributed by atoms with van der Waals surface area (Å²) in [5.41, 5.74) is 2.44. The van der Waals surface area contributed by atoms with Gasteiger partial charge in [0.05, 0.1) is 15.8 Å². The summed E-state index contributed by atoms with van der Waals surface area (Å²) < 4.78 is 56.3. The molecule has 31 heavy (non-hydrogen) atoms. The summed E-state index contributed by atoms with van der Waals surface area (Å²) in [6.45, 7) is 3.55. The molecule has 0 saturated heterocycles. The minimum absolute atomic E-state index is 0.0958. The molecule has 0 bridgehead atoms. The second-order valence-electron chi connectivity index (χ2n) is 7.20. The van der Waals surface area contributed by atoms with Crippen molar-refractivity contribution < 1.29 is 16.8 Å². The fourth-order valence-electron chi connectivity index (χ4n) is 2.89. The molecule has 0 aliphatic heterocycles. The number of sulfonamides is 2. The van der Waals surface area contributed by atoms with Crippen LogP contribution in [0.4, 0.5) is 0 Å².